The summed E-state index contributed by atoms with van der Waals surface area (Å²) >= 11 is 0. The van der Waals surface area contributed by atoms with Crippen molar-refractivity contribution in [2.24, 2.45) is 11.8 Å². The predicted octanol–water partition coefficient (Wildman–Crippen LogP) is 3.22. The first kappa shape index (κ1) is 19.1. The van der Waals surface area contributed by atoms with Crippen LogP contribution in [0.2, 0.25) is 0 Å². The molecule has 2 saturated heterocycles. The van der Waals surface area contributed by atoms with Crippen LogP contribution in [0, 0.1) is 11.8 Å². The van der Waals surface area contributed by atoms with E-state index in [1.54, 1.807) is 4.57 Å². The molecule has 2 aliphatic heterocycles. The highest BCUT2D eigenvalue weighted by Crippen LogP contribution is 2.34. The molecule has 6 nitrogen and oxygen atoms in total. The molecule has 0 spiro atoms. The quantitative estimate of drug-likeness (QED) is 0.665. The van der Waals surface area contributed by atoms with Gasteiger partial charge in [-0.05, 0) is 49.4 Å². The number of rotatable bonds is 5. The summed E-state index contributed by atoms with van der Waals surface area (Å²) in [7, 11) is 2.20. The number of anilines is 1. The highest BCUT2D eigenvalue weighted by Gasteiger charge is 2.40. The van der Waals surface area contributed by atoms with Crippen molar-refractivity contribution in [3.8, 4) is 0 Å². The molecule has 3 aromatic rings. The van der Waals surface area contributed by atoms with Crippen molar-refractivity contribution in [1.29, 1.82) is 0 Å². The molecule has 0 aliphatic carbocycles. The number of para-hydroxylation sites is 2. The standard InChI is InChI=1S/C24H29N5O/c1-27-14-19-16-28(17-20(19)15-27)23-26-21-11-5-6-12-22(21)29(23)24(30)25-13-7-10-18-8-3-2-4-9-18/h2-6,8-9,11-12,19-20H,7,10,13-17H2,1H3,(H,25,30). The molecule has 3 heterocycles. The summed E-state index contributed by atoms with van der Waals surface area (Å²) in [6, 6.07) is 18.2. The van der Waals surface area contributed by atoms with Gasteiger partial charge in [0.05, 0.1) is 11.0 Å². The molecule has 1 aromatic heterocycles. The number of fused-ring (bicyclic) bond motifs is 2. The van der Waals surface area contributed by atoms with Crippen LogP contribution in [0.1, 0.15) is 12.0 Å². The second-order valence-corrected chi connectivity index (χ2v) is 8.70. The number of benzene rings is 2. The monoisotopic (exact) mass is 403 g/mol. The molecule has 1 amide bonds. The van der Waals surface area contributed by atoms with Gasteiger partial charge in [-0.15, -0.1) is 0 Å². The zero-order chi connectivity index (χ0) is 20.5. The maximum Gasteiger partial charge on any atom is 0.328 e. The number of nitrogens with one attached hydrogen (secondary N) is 1. The summed E-state index contributed by atoms with van der Waals surface area (Å²) < 4.78 is 1.78. The van der Waals surface area contributed by atoms with Crippen molar-refractivity contribution in [3.05, 3.63) is 60.2 Å². The van der Waals surface area contributed by atoms with Gasteiger partial charge in [-0.25, -0.2) is 14.3 Å². The summed E-state index contributed by atoms with van der Waals surface area (Å²) in [6.07, 6.45) is 1.87. The smallest absolute Gasteiger partial charge is 0.328 e. The largest absolute Gasteiger partial charge is 0.341 e. The fraction of sp³-hybridized carbons (Fsp3) is 0.417. The highest BCUT2D eigenvalue weighted by atomic mass is 16.2. The Labute approximate surface area is 177 Å². The number of hydrogen-bond donors (Lipinski definition) is 1. The molecule has 2 aromatic carbocycles. The Morgan fingerprint density at radius 3 is 2.47 bits per heavy atom. The number of nitrogens with zero attached hydrogens (tertiary/aromatic N) is 4. The van der Waals surface area contributed by atoms with Crippen molar-refractivity contribution in [1.82, 2.24) is 19.8 Å². The Bertz CT molecular complexity index is 1020. The molecule has 2 fully saturated rings. The summed E-state index contributed by atoms with van der Waals surface area (Å²) in [5.41, 5.74) is 3.05. The molecule has 156 valence electrons. The number of carbonyl (C=O) groups is 1. The Morgan fingerprint density at radius 2 is 1.70 bits per heavy atom. The van der Waals surface area contributed by atoms with E-state index in [2.05, 4.69) is 46.4 Å². The number of likely N-dealkylation sites (tertiary alicyclic amines) is 1. The number of aryl methyl sites for hydroxylation is 1. The van der Waals surface area contributed by atoms with E-state index in [1.807, 2.05) is 30.3 Å². The average Bonchev–Trinajstić information content (AvgIpc) is 3.42. The van der Waals surface area contributed by atoms with E-state index in [0.717, 1.165) is 56.0 Å². The minimum Gasteiger partial charge on any atom is -0.341 e. The van der Waals surface area contributed by atoms with Crippen LogP contribution in [0.25, 0.3) is 11.0 Å². The lowest BCUT2D eigenvalue weighted by Crippen LogP contribution is -2.34. The van der Waals surface area contributed by atoms with Crippen LogP contribution in [0.5, 0.6) is 0 Å². The molecule has 0 saturated carbocycles. The van der Waals surface area contributed by atoms with Crippen molar-refractivity contribution in [2.45, 2.75) is 12.8 Å². The van der Waals surface area contributed by atoms with Crippen molar-refractivity contribution >= 4 is 23.0 Å². The maximum absolute atomic E-state index is 13.2. The average molecular weight is 404 g/mol. The zero-order valence-electron chi connectivity index (χ0n) is 17.5. The van der Waals surface area contributed by atoms with Gasteiger partial charge in [0.2, 0.25) is 5.95 Å². The van der Waals surface area contributed by atoms with Gasteiger partial charge >= 0.3 is 6.03 Å². The van der Waals surface area contributed by atoms with Gasteiger partial charge < -0.3 is 15.1 Å². The van der Waals surface area contributed by atoms with E-state index in [4.69, 9.17) is 4.98 Å². The number of imidazole rings is 1. The third-order valence-electron chi connectivity index (χ3n) is 6.46. The van der Waals surface area contributed by atoms with Crippen LogP contribution in [0.4, 0.5) is 10.7 Å². The van der Waals surface area contributed by atoms with Gasteiger partial charge in [-0.2, -0.15) is 0 Å². The lowest BCUT2D eigenvalue weighted by Gasteiger charge is -2.21. The van der Waals surface area contributed by atoms with Gasteiger partial charge in [-0.1, -0.05) is 42.5 Å². The van der Waals surface area contributed by atoms with Crippen LogP contribution in [-0.4, -0.2) is 60.3 Å². The number of amides is 1. The molecule has 2 unspecified atom stereocenters. The fourth-order valence-corrected chi connectivity index (χ4v) is 5.03. The topological polar surface area (TPSA) is 53.4 Å². The van der Waals surface area contributed by atoms with Crippen molar-refractivity contribution in [2.75, 3.05) is 44.7 Å². The van der Waals surface area contributed by atoms with Crippen LogP contribution in [0.15, 0.2) is 54.6 Å². The van der Waals surface area contributed by atoms with Gasteiger partial charge in [0.1, 0.15) is 0 Å². The molecule has 30 heavy (non-hydrogen) atoms. The number of carbonyl (C=O) groups excluding carboxylic acids is 1. The van der Waals surface area contributed by atoms with Crippen LogP contribution in [0.3, 0.4) is 0 Å². The first-order chi connectivity index (χ1) is 14.7. The number of hydrogen-bond acceptors (Lipinski definition) is 4. The van der Waals surface area contributed by atoms with Gasteiger partial charge in [0.25, 0.3) is 0 Å². The lowest BCUT2D eigenvalue weighted by molar-refractivity contribution is 0.243. The summed E-state index contributed by atoms with van der Waals surface area (Å²) in [5.74, 6) is 2.11. The first-order valence-electron chi connectivity index (χ1n) is 10.9. The van der Waals surface area contributed by atoms with Crippen LogP contribution >= 0.6 is 0 Å². The van der Waals surface area contributed by atoms with E-state index in [1.165, 1.54) is 5.56 Å². The van der Waals surface area contributed by atoms with Gasteiger partial charge in [0, 0.05) is 32.7 Å². The van der Waals surface area contributed by atoms with E-state index in [-0.39, 0.29) is 6.03 Å². The molecule has 2 aliphatic rings. The van der Waals surface area contributed by atoms with E-state index < -0.39 is 0 Å². The van der Waals surface area contributed by atoms with E-state index in [0.29, 0.717) is 18.4 Å². The molecule has 5 rings (SSSR count). The molecule has 2 atom stereocenters. The second kappa shape index (κ2) is 8.11. The Hall–Kier alpha value is -2.86. The minimum atomic E-state index is -0.0825. The highest BCUT2D eigenvalue weighted by molar-refractivity contribution is 5.93. The minimum absolute atomic E-state index is 0.0825. The SMILES string of the molecule is CN1CC2CN(c3nc4ccccc4n3C(=O)NCCCc3ccccc3)CC2C1. The van der Waals surface area contributed by atoms with Crippen molar-refractivity contribution in [3.63, 3.8) is 0 Å². The second-order valence-electron chi connectivity index (χ2n) is 8.70. The molecule has 0 bridgehead atoms. The summed E-state index contributed by atoms with van der Waals surface area (Å²) in [4.78, 5) is 22.8. The summed E-state index contributed by atoms with van der Waals surface area (Å²) in [6.45, 7) is 4.86. The van der Waals surface area contributed by atoms with Gasteiger partial charge in [-0.3, -0.25) is 0 Å². The maximum atomic E-state index is 13.2. The third-order valence-corrected chi connectivity index (χ3v) is 6.46. The molecule has 0 radical (unpaired) electrons. The lowest BCUT2D eigenvalue weighted by atomic mass is 10.0. The molecule has 1 N–H and O–H groups in total. The normalized spacial score (nSPS) is 21.3. The first-order valence-corrected chi connectivity index (χ1v) is 10.9. The summed E-state index contributed by atoms with van der Waals surface area (Å²) in [5, 5.41) is 3.12. The van der Waals surface area contributed by atoms with Crippen LogP contribution in [-0.2, 0) is 6.42 Å². The third kappa shape index (κ3) is 3.67. The van der Waals surface area contributed by atoms with E-state index in [9.17, 15) is 4.79 Å². The molecule has 6 heteroatoms. The molecular formula is C24H29N5O. The predicted molar refractivity (Wildman–Crippen MR) is 120 cm³/mol. The Kier molecular flexibility index (Phi) is 5.17. The Balaban J connectivity index is 1.31. The van der Waals surface area contributed by atoms with E-state index >= 15 is 0 Å². The Morgan fingerprint density at radius 1 is 1.00 bits per heavy atom. The zero-order valence-corrected chi connectivity index (χ0v) is 17.5. The van der Waals surface area contributed by atoms with Crippen LogP contribution < -0.4 is 10.2 Å². The fourth-order valence-electron chi connectivity index (χ4n) is 5.03. The van der Waals surface area contributed by atoms with Crippen molar-refractivity contribution < 1.29 is 4.79 Å². The molecular weight excluding hydrogens is 374 g/mol. The number of aromatic nitrogens is 2. The van der Waals surface area contributed by atoms with Gasteiger partial charge in [0.15, 0.2) is 0 Å².